The molecule has 1 aromatic heterocycles. The SMILES string of the molecule is COc1ccccc1-c1nc(NC(=O)C2CCNCC2)n[nH]1. The van der Waals surface area contributed by atoms with Crippen LogP contribution in [0, 0.1) is 5.92 Å². The molecule has 0 saturated carbocycles. The van der Waals surface area contributed by atoms with Gasteiger partial charge in [-0.15, -0.1) is 5.10 Å². The minimum atomic E-state index is -0.0212. The molecule has 7 heteroatoms. The number of rotatable bonds is 4. The van der Waals surface area contributed by atoms with Gasteiger partial charge in [0.2, 0.25) is 11.9 Å². The van der Waals surface area contributed by atoms with Gasteiger partial charge in [0.15, 0.2) is 5.82 Å². The highest BCUT2D eigenvalue weighted by molar-refractivity contribution is 5.91. The lowest BCUT2D eigenvalue weighted by Gasteiger charge is -2.20. The van der Waals surface area contributed by atoms with Gasteiger partial charge in [-0.25, -0.2) is 0 Å². The van der Waals surface area contributed by atoms with Crippen molar-refractivity contribution in [3.8, 4) is 17.1 Å². The zero-order valence-electron chi connectivity index (χ0n) is 12.4. The first-order valence-electron chi connectivity index (χ1n) is 7.35. The highest BCUT2D eigenvalue weighted by Crippen LogP contribution is 2.27. The Labute approximate surface area is 128 Å². The predicted octanol–water partition coefficient (Wildman–Crippen LogP) is 1.42. The maximum Gasteiger partial charge on any atom is 0.249 e. The second-order valence-electron chi connectivity index (χ2n) is 5.22. The van der Waals surface area contributed by atoms with Gasteiger partial charge in [-0.3, -0.25) is 15.2 Å². The Morgan fingerprint density at radius 2 is 2.09 bits per heavy atom. The fraction of sp³-hybridized carbons (Fsp3) is 0.400. The van der Waals surface area contributed by atoms with E-state index >= 15 is 0 Å². The number of carbonyl (C=O) groups is 1. The van der Waals surface area contributed by atoms with E-state index < -0.39 is 0 Å². The van der Waals surface area contributed by atoms with Crippen molar-refractivity contribution in [1.82, 2.24) is 20.5 Å². The van der Waals surface area contributed by atoms with Crippen molar-refractivity contribution in [1.29, 1.82) is 0 Å². The number of benzene rings is 1. The molecule has 0 radical (unpaired) electrons. The lowest BCUT2D eigenvalue weighted by atomic mass is 9.97. The van der Waals surface area contributed by atoms with Gasteiger partial charge in [0.05, 0.1) is 12.7 Å². The molecule has 1 aliphatic heterocycles. The van der Waals surface area contributed by atoms with Crippen molar-refractivity contribution >= 4 is 11.9 Å². The monoisotopic (exact) mass is 301 g/mol. The topological polar surface area (TPSA) is 91.9 Å². The first-order valence-corrected chi connectivity index (χ1v) is 7.35. The van der Waals surface area contributed by atoms with Crippen LogP contribution in [0.2, 0.25) is 0 Å². The van der Waals surface area contributed by atoms with E-state index in [0.717, 1.165) is 31.5 Å². The Bertz CT molecular complexity index is 649. The summed E-state index contributed by atoms with van der Waals surface area (Å²) in [6, 6.07) is 7.52. The summed E-state index contributed by atoms with van der Waals surface area (Å²) in [6.45, 7) is 1.75. The van der Waals surface area contributed by atoms with Crippen LogP contribution in [0.5, 0.6) is 5.75 Å². The normalized spacial score (nSPS) is 15.5. The highest BCUT2D eigenvalue weighted by Gasteiger charge is 2.22. The molecule has 1 amide bonds. The average molecular weight is 301 g/mol. The van der Waals surface area contributed by atoms with E-state index in [0.29, 0.717) is 17.5 Å². The number of ether oxygens (including phenoxy) is 1. The molecular weight excluding hydrogens is 282 g/mol. The first-order chi connectivity index (χ1) is 10.8. The molecule has 7 nitrogen and oxygen atoms in total. The maximum atomic E-state index is 12.2. The van der Waals surface area contributed by atoms with Crippen LogP contribution in [0.4, 0.5) is 5.95 Å². The van der Waals surface area contributed by atoms with Gasteiger partial charge in [-0.1, -0.05) is 12.1 Å². The van der Waals surface area contributed by atoms with E-state index in [1.165, 1.54) is 0 Å². The van der Waals surface area contributed by atoms with Gasteiger partial charge >= 0.3 is 0 Å². The van der Waals surface area contributed by atoms with Crippen LogP contribution in [0.3, 0.4) is 0 Å². The number of nitrogens with zero attached hydrogens (tertiary/aromatic N) is 2. The van der Waals surface area contributed by atoms with Crippen molar-refractivity contribution in [3.05, 3.63) is 24.3 Å². The smallest absolute Gasteiger partial charge is 0.249 e. The standard InChI is InChI=1S/C15H19N5O2/c1-22-12-5-3-2-4-11(12)13-17-15(20-19-13)18-14(21)10-6-8-16-9-7-10/h2-5,10,16H,6-9H2,1H3,(H2,17,18,19,20,21). The second-order valence-corrected chi connectivity index (χ2v) is 5.22. The third-order valence-corrected chi connectivity index (χ3v) is 3.79. The molecular formula is C15H19N5O2. The zero-order chi connectivity index (χ0) is 15.4. The Kier molecular flexibility index (Phi) is 4.34. The number of aromatic amines is 1. The summed E-state index contributed by atoms with van der Waals surface area (Å²) in [5, 5.41) is 12.9. The maximum absolute atomic E-state index is 12.2. The number of hydrogen-bond donors (Lipinski definition) is 3. The number of hydrogen-bond acceptors (Lipinski definition) is 5. The highest BCUT2D eigenvalue weighted by atomic mass is 16.5. The summed E-state index contributed by atoms with van der Waals surface area (Å²) < 4.78 is 5.30. The minimum Gasteiger partial charge on any atom is -0.496 e. The molecule has 1 aromatic carbocycles. The summed E-state index contributed by atoms with van der Waals surface area (Å²) in [5.74, 6) is 1.57. The van der Waals surface area contributed by atoms with Crippen molar-refractivity contribution in [2.24, 2.45) is 5.92 Å². The molecule has 0 spiro atoms. The zero-order valence-corrected chi connectivity index (χ0v) is 12.4. The fourth-order valence-electron chi connectivity index (χ4n) is 2.57. The molecule has 0 bridgehead atoms. The number of methoxy groups -OCH3 is 1. The Balaban J connectivity index is 1.72. The van der Waals surface area contributed by atoms with Crippen LogP contribution >= 0.6 is 0 Å². The largest absolute Gasteiger partial charge is 0.496 e. The lowest BCUT2D eigenvalue weighted by Crippen LogP contribution is -2.34. The predicted molar refractivity (Wildman–Crippen MR) is 82.6 cm³/mol. The van der Waals surface area contributed by atoms with Gasteiger partial charge in [-0.05, 0) is 38.1 Å². The molecule has 0 aliphatic carbocycles. The van der Waals surface area contributed by atoms with Crippen LogP contribution in [0.15, 0.2) is 24.3 Å². The fourth-order valence-corrected chi connectivity index (χ4v) is 2.57. The number of para-hydroxylation sites is 1. The molecule has 2 aromatic rings. The number of amides is 1. The van der Waals surface area contributed by atoms with E-state index in [9.17, 15) is 4.79 Å². The van der Waals surface area contributed by atoms with Gasteiger partial charge in [0.1, 0.15) is 5.75 Å². The molecule has 0 atom stereocenters. The molecule has 116 valence electrons. The van der Waals surface area contributed by atoms with E-state index in [4.69, 9.17) is 4.74 Å². The van der Waals surface area contributed by atoms with Crippen LogP contribution < -0.4 is 15.4 Å². The van der Waals surface area contributed by atoms with E-state index in [1.807, 2.05) is 24.3 Å². The first kappa shape index (κ1) is 14.5. The number of H-pyrrole nitrogens is 1. The van der Waals surface area contributed by atoms with E-state index in [1.54, 1.807) is 7.11 Å². The van der Waals surface area contributed by atoms with Crippen LogP contribution in [-0.2, 0) is 4.79 Å². The summed E-state index contributed by atoms with van der Waals surface area (Å²) in [7, 11) is 1.61. The van der Waals surface area contributed by atoms with Crippen molar-refractivity contribution in [3.63, 3.8) is 0 Å². The van der Waals surface area contributed by atoms with Crippen molar-refractivity contribution < 1.29 is 9.53 Å². The quantitative estimate of drug-likeness (QED) is 0.794. The van der Waals surface area contributed by atoms with Crippen LogP contribution in [0.1, 0.15) is 12.8 Å². The summed E-state index contributed by atoms with van der Waals surface area (Å²) in [4.78, 5) is 16.5. The third kappa shape index (κ3) is 3.09. The van der Waals surface area contributed by atoms with Crippen molar-refractivity contribution in [2.45, 2.75) is 12.8 Å². The van der Waals surface area contributed by atoms with Crippen molar-refractivity contribution in [2.75, 3.05) is 25.5 Å². The Morgan fingerprint density at radius 1 is 1.32 bits per heavy atom. The van der Waals surface area contributed by atoms with E-state index in [2.05, 4.69) is 25.8 Å². The molecule has 0 unspecified atom stereocenters. The molecule has 3 N–H and O–H groups in total. The number of nitrogens with one attached hydrogen (secondary N) is 3. The molecule has 2 heterocycles. The van der Waals surface area contributed by atoms with Gasteiger partial charge in [0.25, 0.3) is 0 Å². The Morgan fingerprint density at radius 3 is 2.86 bits per heavy atom. The van der Waals surface area contributed by atoms with Crippen LogP contribution in [0.25, 0.3) is 11.4 Å². The third-order valence-electron chi connectivity index (χ3n) is 3.79. The summed E-state index contributed by atoms with van der Waals surface area (Å²) in [5.41, 5.74) is 0.805. The second kappa shape index (κ2) is 6.57. The minimum absolute atomic E-state index is 0.0212. The van der Waals surface area contributed by atoms with Gasteiger partial charge in [-0.2, -0.15) is 4.98 Å². The molecule has 1 saturated heterocycles. The Hall–Kier alpha value is -2.41. The number of carbonyl (C=O) groups excluding carboxylic acids is 1. The number of aromatic nitrogens is 3. The van der Waals surface area contributed by atoms with E-state index in [-0.39, 0.29) is 11.8 Å². The number of piperidine rings is 1. The summed E-state index contributed by atoms with van der Waals surface area (Å²) in [6.07, 6.45) is 1.69. The van der Waals surface area contributed by atoms with Crippen LogP contribution in [-0.4, -0.2) is 41.3 Å². The molecule has 1 aliphatic rings. The van der Waals surface area contributed by atoms with Gasteiger partial charge in [0, 0.05) is 5.92 Å². The number of anilines is 1. The molecule has 3 rings (SSSR count). The summed E-state index contributed by atoms with van der Waals surface area (Å²) >= 11 is 0. The molecule has 1 fully saturated rings. The molecule has 22 heavy (non-hydrogen) atoms. The van der Waals surface area contributed by atoms with Gasteiger partial charge < -0.3 is 10.1 Å². The average Bonchev–Trinajstić information content (AvgIpc) is 3.04. The lowest BCUT2D eigenvalue weighted by molar-refractivity contribution is -0.120.